The molecule has 36 heavy (non-hydrogen) atoms. The zero-order chi connectivity index (χ0) is 25.2. The summed E-state index contributed by atoms with van der Waals surface area (Å²) >= 11 is 1.28. The number of anilines is 2. The molecule has 2 N–H and O–H groups in total. The van der Waals surface area contributed by atoms with E-state index in [1.165, 1.54) is 17.7 Å². The average Bonchev–Trinajstić information content (AvgIpc) is 3.64. The standard InChI is InChI=1S/C26H23N5O4S/c1-16(32)14-31-20-9-8-18(30(2)25(34)17-6-4-3-5-7-17)12-19(20)28-26(31)29-24(33)23-11-10-22(36-23)21-13-27-15-35-21/h3-13,15-16,32H,14H2,1-2H3,(H,28,29,33)/t16-/m0/s1. The molecule has 2 aromatic carbocycles. The zero-order valence-electron chi connectivity index (χ0n) is 19.6. The van der Waals surface area contributed by atoms with E-state index in [4.69, 9.17) is 4.42 Å². The molecule has 2 amide bonds. The van der Waals surface area contributed by atoms with Gasteiger partial charge >= 0.3 is 0 Å². The fraction of sp³-hybridized carbons (Fsp3) is 0.154. The van der Waals surface area contributed by atoms with E-state index in [2.05, 4.69) is 15.3 Å². The van der Waals surface area contributed by atoms with Gasteiger partial charge in [-0.3, -0.25) is 14.9 Å². The van der Waals surface area contributed by atoms with Crippen LogP contribution in [0, 0.1) is 0 Å². The van der Waals surface area contributed by atoms with Crippen LogP contribution in [-0.2, 0) is 6.54 Å². The van der Waals surface area contributed by atoms with E-state index >= 15 is 0 Å². The first kappa shape index (κ1) is 23.5. The van der Waals surface area contributed by atoms with E-state index < -0.39 is 6.10 Å². The number of nitrogens with one attached hydrogen (secondary N) is 1. The predicted molar refractivity (Wildman–Crippen MR) is 138 cm³/mol. The average molecular weight is 502 g/mol. The Labute approximate surface area is 210 Å². The first-order chi connectivity index (χ1) is 17.4. The number of imidazole rings is 1. The number of hydrogen-bond acceptors (Lipinski definition) is 7. The molecule has 3 aromatic heterocycles. The van der Waals surface area contributed by atoms with Crippen molar-refractivity contribution >= 4 is 45.8 Å². The number of aliphatic hydroxyl groups is 1. The van der Waals surface area contributed by atoms with Crippen molar-refractivity contribution in [1.82, 2.24) is 14.5 Å². The van der Waals surface area contributed by atoms with Gasteiger partial charge in [0.2, 0.25) is 5.95 Å². The Bertz CT molecular complexity index is 1520. The number of benzene rings is 2. The molecular formula is C26H23N5O4S. The number of aromatic nitrogens is 3. The molecule has 0 spiro atoms. The Morgan fingerprint density at radius 3 is 2.69 bits per heavy atom. The molecule has 0 bridgehead atoms. The second-order valence-electron chi connectivity index (χ2n) is 8.28. The van der Waals surface area contributed by atoms with Gasteiger partial charge in [0, 0.05) is 18.3 Å². The van der Waals surface area contributed by atoms with E-state index in [1.807, 2.05) is 30.3 Å². The summed E-state index contributed by atoms with van der Waals surface area (Å²) in [7, 11) is 1.70. The maximum Gasteiger partial charge on any atom is 0.268 e. The monoisotopic (exact) mass is 501 g/mol. The van der Waals surface area contributed by atoms with E-state index in [1.54, 1.807) is 60.0 Å². The first-order valence-corrected chi connectivity index (χ1v) is 12.0. The molecule has 10 heteroatoms. The SMILES string of the molecule is C[C@H](O)Cn1c(NC(=O)c2ccc(-c3cnco3)s2)nc2cc(N(C)C(=O)c3ccccc3)ccc21. The van der Waals surface area contributed by atoms with Gasteiger partial charge in [-0.15, -0.1) is 11.3 Å². The Hall–Kier alpha value is -4.28. The number of oxazole rings is 1. The summed E-state index contributed by atoms with van der Waals surface area (Å²) in [6.07, 6.45) is 2.26. The highest BCUT2D eigenvalue weighted by molar-refractivity contribution is 7.17. The van der Waals surface area contributed by atoms with Gasteiger partial charge in [-0.1, -0.05) is 18.2 Å². The lowest BCUT2D eigenvalue weighted by Gasteiger charge is -2.17. The highest BCUT2D eigenvalue weighted by atomic mass is 32.1. The molecule has 0 aliphatic rings. The van der Waals surface area contributed by atoms with Crippen molar-refractivity contribution in [2.75, 3.05) is 17.3 Å². The van der Waals surface area contributed by atoms with E-state index in [-0.39, 0.29) is 18.4 Å². The van der Waals surface area contributed by atoms with Gasteiger partial charge in [0.15, 0.2) is 12.2 Å². The maximum atomic E-state index is 13.0. The smallest absolute Gasteiger partial charge is 0.268 e. The number of fused-ring (bicyclic) bond motifs is 1. The molecule has 9 nitrogen and oxygen atoms in total. The molecule has 0 aliphatic carbocycles. The molecule has 0 saturated carbocycles. The summed E-state index contributed by atoms with van der Waals surface area (Å²) in [5, 5.41) is 12.9. The minimum absolute atomic E-state index is 0.146. The summed E-state index contributed by atoms with van der Waals surface area (Å²) in [6, 6.07) is 18.0. The lowest BCUT2D eigenvalue weighted by Crippen LogP contribution is -2.26. The highest BCUT2D eigenvalue weighted by Crippen LogP contribution is 2.30. The molecule has 5 rings (SSSR count). The fourth-order valence-electron chi connectivity index (χ4n) is 3.86. The molecular weight excluding hydrogens is 478 g/mol. The Morgan fingerprint density at radius 1 is 1.17 bits per heavy atom. The van der Waals surface area contributed by atoms with Crippen LogP contribution in [0.4, 0.5) is 11.6 Å². The Kier molecular flexibility index (Phi) is 6.36. The molecule has 0 saturated heterocycles. The van der Waals surface area contributed by atoms with Crippen LogP contribution in [0.1, 0.15) is 27.0 Å². The second kappa shape index (κ2) is 9.76. The van der Waals surface area contributed by atoms with Crippen molar-refractivity contribution in [1.29, 1.82) is 0 Å². The third kappa shape index (κ3) is 4.64. The summed E-state index contributed by atoms with van der Waals surface area (Å²) in [6.45, 7) is 1.90. The number of rotatable bonds is 7. The first-order valence-electron chi connectivity index (χ1n) is 11.2. The van der Waals surface area contributed by atoms with Crippen LogP contribution < -0.4 is 10.2 Å². The molecule has 0 unspecified atom stereocenters. The van der Waals surface area contributed by atoms with Crippen LogP contribution in [0.3, 0.4) is 0 Å². The van der Waals surface area contributed by atoms with Crippen molar-refractivity contribution in [3.63, 3.8) is 0 Å². The number of hydrogen-bond donors (Lipinski definition) is 2. The largest absolute Gasteiger partial charge is 0.443 e. The number of aliphatic hydroxyl groups excluding tert-OH is 1. The minimum atomic E-state index is -0.667. The third-order valence-electron chi connectivity index (χ3n) is 5.62. The number of nitrogens with zero attached hydrogens (tertiary/aromatic N) is 4. The molecule has 1 atom stereocenters. The molecule has 3 heterocycles. The van der Waals surface area contributed by atoms with Gasteiger partial charge in [0.25, 0.3) is 11.8 Å². The van der Waals surface area contributed by atoms with Gasteiger partial charge in [-0.2, -0.15) is 0 Å². The lowest BCUT2D eigenvalue weighted by molar-refractivity contribution is 0.0991. The van der Waals surface area contributed by atoms with Crippen molar-refractivity contribution in [3.05, 3.63) is 83.7 Å². The van der Waals surface area contributed by atoms with E-state index in [9.17, 15) is 14.7 Å². The van der Waals surface area contributed by atoms with E-state index in [0.29, 0.717) is 33.4 Å². The van der Waals surface area contributed by atoms with Gasteiger partial charge in [0.05, 0.1) is 39.6 Å². The molecule has 0 aliphatic heterocycles. The molecule has 0 fully saturated rings. The number of carbonyl (C=O) groups is 2. The fourth-order valence-corrected chi connectivity index (χ4v) is 4.71. The summed E-state index contributed by atoms with van der Waals surface area (Å²) in [4.78, 5) is 37.3. The molecule has 0 radical (unpaired) electrons. The number of thiophene rings is 1. The predicted octanol–water partition coefficient (Wildman–Crippen LogP) is 4.66. The van der Waals surface area contributed by atoms with Crippen LogP contribution in [0.5, 0.6) is 0 Å². The van der Waals surface area contributed by atoms with Crippen molar-refractivity contribution in [3.8, 4) is 10.6 Å². The van der Waals surface area contributed by atoms with Crippen LogP contribution >= 0.6 is 11.3 Å². The van der Waals surface area contributed by atoms with E-state index in [0.717, 1.165) is 10.4 Å². The quantitative estimate of drug-likeness (QED) is 0.335. The second-order valence-corrected chi connectivity index (χ2v) is 9.37. The number of carbonyl (C=O) groups excluding carboxylic acids is 2. The van der Waals surface area contributed by atoms with Gasteiger partial charge in [-0.25, -0.2) is 9.97 Å². The van der Waals surface area contributed by atoms with Crippen LogP contribution in [0.15, 0.2) is 77.7 Å². The third-order valence-corrected chi connectivity index (χ3v) is 6.72. The molecule has 182 valence electrons. The Morgan fingerprint density at radius 2 is 1.97 bits per heavy atom. The number of amides is 2. The summed E-state index contributed by atoms with van der Waals surface area (Å²) in [5.41, 5.74) is 2.55. The lowest BCUT2D eigenvalue weighted by atomic mass is 10.2. The topological polar surface area (TPSA) is 113 Å². The molecule has 5 aromatic rings. The summed E-state index contributed by atoms with van der Waals surface area (Å²) in [5.74, 6) is 0.415. The maximum absolute atomic E-state index is 13.0. The Balaban J connectivity index is 1.44. The van der Waals surface area contributed by atoms with Gasteiger partial charge in [0.1, 0.15) is 0 Å². The van der Waals surface area contributed by atoms with Crippen molar-refractivity contribution in [2.24, 2.45) is 0 Å². The normalized spacial score (nSPS) is 12.0. The highest BCUT2D eigenvalue weighted by Gasteiger charge is 2.20. The van der Waals surface area contributed by atoms with Gasteiger partial charge < -0.3 is 19.0 Å². The summed E-state index contributed by atoms with van der Waals surface area (Å²) < 4.78 is 7.06. The van der Waals surface area contributed by atoms with Crippen molar-refractivity contribution in [2.45, 2.75) is 19.6 Å². The van der Waals surface area contributed by atoms with Crippen LogP contribution in [0.2, 0.25) is 0 Å². The van der Waals surface area contributed by atoms with Crippen LogP contribution in [-0.4, -0.2) is 44.6 Å². The van der Waals surface area contributed by atoms with Crippen LogP contribution in [0.25, 0.3) is 21.7 Å². The van der Waals surface area contributed by atoms with Crippen molar-refractivity contribution < 1.29 is 19.1 Å². The van der Waals surface area contributed by atoms with Gasteiger partial charge in [-0.05, 0) is 49.4 Å². The zero-order valence-corrected chi connectivity index (χ0v) is 20.4. The minimum Gasteiger partial charge on any atom is -0.443 e.